The van der Waals surface area contributed by atoms with Gasteiger partial charge in [0.05, 0.1) is 26.2 Å². The van der Waals surface area contributed by atoms with E-state index in [2.05, 4.69) is 21.2 Å². The standard InChI is InChI=1S/C23H30BrN3O6S/c1-6-25-23(29)16(2)26(14-17-7-9-18(24)10-8-17)22(28)15-27(34(5,30)31)20-12-11-19(32-3)13-21(20)33-4/h7-13,16H,6,14-15H2,1-5H3,(H,25,29)/t16-/m0/s1. The van der Waals surface area contributed by atoms with E-state index in [1.165, 1.54) is 31.3 Å². The molecule has 2 aromatic rings. The third kappa shape index (κ3) is 7.10. The zero-order chi connectivity index (χ0) is 25.5. The van der Waals surface area contributed by atoms with Crippen molar-refractivity contribution in [1.29, 1.82) is 0 Å². The molecule has 0 unspecified atom stereocenters. The molecule has 2 amide bonds. The number of halogens is 1. The van der Waals surface area contributed by atoms with Crippen molar-refractivity contribution >= 4 is 43.5 Å². The molecule has 9 nitrogen and oxygen atoms in total. The Bertz CT molecular complexity index is 1110. The van der Waals surface area contributed by atoms with E-state index in [1.807, 2.05) is 24.3 Å². The smallest absolute Gasteiger partial charge is 0.244 e. The monoisotopic (exact) mass is 555 g/mol. The summed E-state index contributed by atoms with van der Waals surface area (Å²) in [5.41, 5.74) is 0.981. The molecule has 2 rings (SSSR count). The molecule has 1 atom stereocenters. The van der Waals surface area contributed by atoms with Crippen LogP contribution in [-0.4, -0.2) is 64.7 Å². The molecule has 2 aromatic carbocycles. The normalized spacial score (nSPS) is 11.9. The summed E-state index contributed by atoms with van der Waals surface area (Å²) in [5, 5.41) is 2.72. The van der Waals surface area contributed by atoms with Gasteiger partial charge in [-0.05, 0) is 43.7 Å². The number of hydrogen-bond acceptors (Lipinski definition) is 6. The van der Waals surface area contributed by atoms with Gasteiger partial charge in [-0.1, -0.05) is 28.1 Å². The molecule has 0 aliphatic rings. The SMILES string of the molecule is CCNC(=O)[C@H](C)N(Cc1ccc(Br)cc1)C(=O)CN(c1ccc(OC)cc1OC)S(C)(=O)=O. The van der Waals surface area contributed by atoms with E-state index in [1.54, 1.807) is 19.9 Å². The van der Waals surface area contributed by atoms with Crippen LogP contribution < -0.4 is 19.1 Å². The van der Waals surface area contributed by atoms with Crippen LogP contribution in [0, 0.1) is 0 Å². The molecular formula is C23H30BrN3O6S. The number of anilines is 1. The van der Waals surface area contributed by atoms with Gasteiger partial charge in [-0.15, -0.1) is 0 Å². The number of methoxy groups -OCH3 is 2. The van der Waals surface area contributed by atoms with Crippen LogP contribution in [-0.2, 0) is 26.2 Å². The fourth-order valence-corrected chi connectivity index (χ4v) is 4.39. The second kappa shape index (κ2) is 12.1. The number of likely N-dealkylation sites (N-methyl/N-ethyl adjacent to an activating group) is 1. The molecule has 1 N–H and O–H groups in total. The summed E-state index contributed by atoms with van der Waals surface area (Å²) in [6.45, 7) is 3.42. The molecule has 0 spiro atoms. The maximum absolute atomic E-state index is 13.5. The predicted molar refractivity (Wildman–Crippen MR) is 135 cm³/mol. The van der Waals surface area contributed by atoms with Crippen LogP contribution in [0.3, 0.4) is 0 Å². The van der Waals surface area contributed by atoms with Gasteiger partial charge < -0.3 is 19.7 Å². The molecule has 0 fully saturated rings. The first-order chi connectivity index (χ1) is 16.0. The zero-order valence-electron chi connectivity index (χ0n) is 19.9. The molecule has 186 valence electrons. The summed E-state index contributed by atoms with van der Waals surface area (Å²) in [6.07, 6.45) is 1.01. The third-order valence-electron chi connectivity index (χ3n) is 5.12. The number of hydrogen-bond donors (Lipinski definition) is 1. The maximum atomic E-state index is 13.5. The topological polar surface area (TPSA) is 105 Å². The lowest BCUT2D eigenvalue weighted by Crippen LogP contribution is -2.51. The van der Waals surface area contributed by atoms with Gasteiger partial charge in [0.1, 0.15) is 24.1 Å². The number of carbonyl (C=O) groups is 2. The molecule has 11 heteroatoms. The average Bonchev–Trinajstić information content (AvgIpc) is 2.80. The van der Waals surface area contributed by atoms with Crippen LogP contribution in [0.15, 0.2) is 46.9 Å². The van der Waals surface area contributed by atoms with Gasteiger partial charge in [0, 0.05) is 23.6 Å². The van der Waals surface area contributed by atoms with Crippen LogP contribution in [0.4, 0.5) is 5.69 Å². The van der Waals surface area contributed by atoms with Crippen LogP contribution >= 0.6 is 15.9 Å². The zero-order valence-corrected chi connectivity index (χ0v) is 22.3. The number of rotatable bonds is 11. The van der Waals surface area contributed by atoms with Crippen molar-refractivity contribution in [1.82, 2.24) is 10.2 Å². The lowest BCUT2D eigenvalue weighted by Gasteiger charge is -2.31. The van der Waals surface area contributed by atoms with E-state index < -0.39 is 28.5 Å². The summed E-state index contributed by atoms with van der Waals surface area (Å²) in [5.74, 6) is -0.165. The first kappa shape index (κ1) is 27.5. The molecule has 0 heterocycles. The number of ether oxygens (including phenoxy) is 2. The Labute approximate surface area is 209 Å². The maximum Gasteiger partial charge on any atom is 0.244 e. The minimum Gasteiger partial charge on any atom is -0.497 e. The number of benzene rings is 2. The molecule has 0 radical (unpaired) electrons. The number of amides is 2. The fraction of sp³-hybridized carbons (Fsp3) is 0.391. The van der Waals surface area contributed by atoms with E-state index in [0.29, 0.717) is 12.3 Å². The van der Waals surface area contributed by atoms with Crippen molar-refractivity contribution in [3.05, 3.63) is 52.5 Å². The van der Waals surface area contributed by atoms with Gasteiger partial charge in [0.2, 0.25) is 21.8 Å². The minimum atomic E-state index is -3.88. The average molecular weight is 556 g/mol. The van der Waals surface area contributed by atoms with Crippen LogP contribution in [0.25, 0.3) is 0 Å². The van der Waals surface area contributed by atoms with Crippen molar-refractivity contribution in [2.75, 3.05) is 37.9 Å². The van der Waals surface area contributed by atoms with E-state index in [9.17, 15) is 18.0 Å². The number of sulfonamides is 1. The Balaban J connectivity index is 2.44. The van der Waals surface area contributed by atoms with E-state index in [4.69, 9.17) is 9.47 Å². The molecular weight excluding hydrogens is 526 g/mol. The van der Waals surface area contributed by atoms with Gasteiger partial charge >= 0.3 is 0 Å². The quantitative estimate of drug-likeness (QED) is 0.457. The second-order valence-corrected chi connectivity index (χ2v) is 10.3. The minimum absolute atomic E-state index is 0.127. The first-order valence-electron chi connectivity index (χ1n) is 10.5. The van der Waals surface area contributed by atoms with Crippen LogP contribution in [0.1, 0.15) is 19.4 Å². The molecule has 34 heavy (non-hydrogen) atoms. The number of nitrogens with one attached hydrogen (secondary N) is 1. The van der Waals surface area contributed by atoms with Gasteiger partial charge in [-0.25, -0.2) is 8.42 Å². The highest BCUT2D eigenvalue weighted by molar-refractivity contribution is 9.10. The van der Waals surface area contributed by atoms with Gasteiger partial charge in [-0.3, -0.25) is 13.9 Å². The molecule has 0 saturated heterocycles. The summed E-state index contributed by atoms with van der Waals surface area (Å²) in [4.78, 5) is 27.4. The van der Waals surface area contributed by atoms with E-state index in [-0.39, 0.29) is 23.9 Å². The Hall–Kier alpha value is -2.79. The van der Waals surface area contributed by atoms with Crippen molar-refractivity contribution in [2.24, 2.45) is 0 Å². The molecule has 0 saturated carbocycles. The molecule has 0 aliphatic carbocycles. The molecule has 0 aliphatic heterocycles. The highest BCUT2D eigenvalue weighted by Gasteiger charge is 2.31. The third-order valence-corrected chi connectivity index (χ3v) is 6.77. The molecule has 0 aromatic heterocycles. The largest absolute Gasteiger partial charge is 0.497 e. The van der Waals surface area contributed by atoms with E-state index >= 15 is 0 Å². The Morgan fingerprint density at radius 2 is 1.74 bits per heavy atom. The van der Waals surface area contributed by atoms with Gasteiger partial charge in [0.25, 0.3) is 0 Å². The van der Waals surface area contributed by atoms with Gasteiger partial charge in [0.15, 0.2) is 0 Å². The lowest BCUT2D eigenvalue weighted by atomic mass is 10.1. The van der Waals surface area contributed by atoms with Crippen molar-refractivity contribution in [2.45, 2.75) is 26.4 Å². The summed E-state index contributed by atoms with van der Waals surface area (Å²) < 4.78 is 37.8. The summed E-state index contributed by atoms with van der Waals surface area (Å²) in [6, 6.07) is 11.1. The second-order valence-electron chi connectivity index (χ2n) is 7.53. The highest BCUT2D eigenvalue weighted by atomic mass is 79.9. The number of nitrogens with zero attached hydrogens (tertiary/aromatic N) is 2. The van der Waals surface area contributed by atoms with Crippen molar-refractivity contribution < 1.29 is 27.5 Å². The van der Waals surface area contributed by atoms with Crippen molar-refractivity contribution in [3.63, 3.8) is 0 Å². The Morgan fingerprint density at radius 1 is 1.09 bits per heavy atom. The van der Waals surface area contributed by atoms with Crippen LogP contribution in [0.5, 0.6) is 11.5 Å². The first-order valence-corrected chi connectivity index (χ1v) is 13.2. The summed E-state index contributed by atoms with van der Waals surface area (Å²) >= 11 is 3.38. The van der Waals surface area contributed by atoms with E-state index in [0.717, 1.165) is 20.6 Å². The van der Waals surface area contributed by atoms with Crippen molar-refractivity contribution in [3.8, 4) is 11.5 Å². The summed E-state index contributed by atoms with van der Waals surface area (Å²) in [7, 11) is -0.994. The van der Waals surface area contributed by atoms with Crippen LogP contribution in [0.2, 0.25) is 0 Å². The number of carbonyl (C=O) groups excluding carboxylic acids is 2. The fourth-order valence-electron chi connectivity index (χ4n) is 3.28. The molecule has 0 bridgehead atoms. The Morgan fingerprint density at radius 3 is 2.26 bits per heavy atom. The highest BCUT2D eigenvalue weighted by Crippen LogP contribution is 2.33. The predicted octanol–water partition coefficient (Wildman–Crippen LogP) is 2.79. The lowest BCUT2D eigenvalue weighted by molar-refractivity contribution is -0.139. The Kier molecular flexibility index (Phi) is 9.75. The van der Waals surface area contributed by atoms with Gasteiger partial charge in [-0.2, -0.15) is 0 Å².